The summed E-state index contributed by atoms with van der Waals surface area (Å²) < 4.78 is 0. The van der Waals surface area contributed by atoms with Crippen molar-refractivity contribution in [1.29, 1.82) is 0 Å². The molecule has 0 aromatic carbocycles. The molecule has 0 bridgehead atoms. The molecule has 0 fully saturated rings. The van der Waals surface area contributed by atoms with Gasteiger partial charge in [-0.2, -0.15) is 11.9 Å². The van der Waals surface area contributed by atoms with Gasteiger partial charge in [0.2, 0.25) is 0 Å². The van der Waals surface area contributed by atoms with E-state index in [4.69, 9.17) is 0 Å². The summed E-state index contributed by atoms with van der Waals surface area (Å²) in [6, 6.07) is 2.06. The van der Waals surface area contributed by atoms with E-state index in [9.17, 15) is 0 Å². The zero-order valence-electron chi connectivity index (χ0n) is 5.18. The summed E-state index contributed by atoms with van der Waals surface area (Å²) in [4.78, 5) is 4.02. The van der Waals surface area contributed by atoms with Crippen LogP contribution in [0.25, 0.3) is 0 Å². The Morgan fingerprint density at radius 2 is 2.00 bits per heavy atom. The Morgan fingerprint density at radius 1 is 1.38 bits per heavy atom. The van der Waals surface area contributed by atoms with Crippen molar-refractivity contribution >= 4 is 0 Å². The van der Waals surface area contributed by atoms with E-state index < -0.39 is 0 Å². The molecule has 0 aliphatic heterocycles. The molecule has 0 aliphatic carbocycles. The van der Waals surface area contributed by atoms with Gasteiger partial charge in [-0.3, -0.25) is 0 Å². The number of hydrogen-bond donors (Lipinski definition) is 0. The average Bonchev–Trinajstić information content (AvgIpc) is 1.87. The molecule has 1 aromatic rings. The van der Waals surface area contributed by atoms with Crippen LogP contribution < -0.4 is 4.98 Å². The van der Waals surface area contributed by atoms with E-state index >= 15 is 0 Å². The van der Waals surface area contributed by atoms with Gasteiger partial charge in [0.1, 0.15) is 0 Å². The van der Waals surface area contributed by atoms with Gasteiger partial charge >= 0.3 is 0 Å². The SMILES string of the molecule is Cc1c[n-]c(C)c1.[Y]. The first-order valence-corrected chi connectivity index (χ1v) is 2.35. The second kappa shape index (κ2) is 3.42. The van der Waals surface area contributed by atoms with Crippen molar-refractivity contribution < 1.29 is 32.7 Å². The quantitative estimate of drug-likeness (QED) is 0.590. The van der Waals surface area contributed by atoms with E-state index in [0.717, 1.165) is 5.69 Å². The third-order valence-electron chi connectivity index (χ3n) is 0.908. The molecule has 0 N–H and O–H groups in total. The zero-order chi connectivity index (χ0) is 5.28. The maximum Gasteiger partial charge on any atom is 0 e. The molecule has 0 unspecified atom stereocenters. The van der Waals surface area contributed by atoms with Crippen LogP contribution in [0.4, 0.5) is 0 Å². The summed E-state index contributed by atoms with van der Waals surface area (Å²) in [5.41, 5.74) is 2.36. The molecular formula is C6H8NY-. The van der Waals surface area contributed by atoms with Crippen molar-refractivity contribution in [3.63, 3.8) is 0 Å². The molecule has 0 aliphatic rings. The van der Waals surface area contributed by atoms with Crippen molar-refractivity contribution in [3.05, 3.63) is 23.5 Å². The van der Waals surface area contributed by atoms with Crippen LogP contribution in [0.5, 0.6) is 0 Å². The van der Waals surface area contributed by atoms with Crippen molar-refractivity contribution in [1.82, 2.24) is 4.98 Å². The summed E-state index contributed by atoms with van der Waals surface area (Å²) in [5, 5.41) is 0. The van der Waals surface area contributed by atoms with Crippen molar-refractivity contribution in [2.75, 3.05) is 0 Å². The molecular weight excluding hydrogens is 175 g/mol. The normalized spacial score (nSPS) is 8.25. The summed E-state index contributed by atoms with van der Waals surface area (Å²) in [6.07, 6.45) is 1.87. The van der Waals surface area contributed by atoms with E-state index in [1.165, 1.54) is 5.56 Å². The molecule has 8 heavy (non-hydrogen) atoms. The molecule has 1 nitrogen and oxygen atoms in total. The maximum atomic E-state index is 4.02. The van der Waals surface area contributed by atoms with E-state index in [1.807, 2.05) is 20.0 Å². The van der Waals surface area contributed by atoms with Crippen molar-refractivity contribution in [2.24, 2.45) is 0 Å². The van der Waals surface area contributed by atoms with Crippen molar-refractivity contribution in [2.45, 2.75) is 13.8 Å². The van der Waals surface area contributed by atoms with E-state index in [1.54, 1.807) is 0 Å². The van der Waals surface area contributed by atoms with Gasteiger partial charge in [-0.15, -0.1) is 0 Å². The Morgan fingerprint density at radius 3 is 2.12 bits per heavy atom. The minimum absolute atomic E-state index is 0. The Hall–Kier alpha value is 0.384. The third-order valence-corrected chi connectivity index (χ3v) is 0.908. The molecule has 2 heteroatoms. The van der Waals surface area contributed by atoms with Gasteiger partial charge in [0.15, 0.2) is 0 Å². The number of aryl methyl sites for hydroxylation is 2. The first kappa shape index (κ1) is 8.38. The van der Waals surface area contributed by atoms with Gasteiger partial charge < -0.3 is 4.98 Å². The fourth-order valence-corrected chi connectivity index (χ4v) is 0.608. The number of nitrogens with zero attached hydrogens (tertiary/aromatic N) is 1. The van der Waals surface area contributed by atoms with Crippen LogP contribution in [0.2, 0.25) is 0 Å². The maximum absolute atomic E-state index is 4.02. The fourth-order valence-electron chi connectivity index (χ4n) is 0.608. The summed E-state index contributed by atoms with van der Waals surface area (Å²) in [6.45, 7) is 4.03. The molecule has 0 spiro atoms. The molecule has 1 rings (SSSR count). The number of aromatic nitrogens is 1. The van der Waals surface area contributed by atoms with Crippen LogP contribution in [0, 0.1) is 13.8 Å². The molecule has 0 atom stereocenters. The fraction of sp³-hybridized carbons (Fsp3) is 0.333. The van der Waals surface area contributed by atoms with Gasteiger partial charge in [-0.1, -0.05) is 18.6 Å². The molecule has 0 saturated carbocycles. The van der Waals surface area contributed by atoms with Gasteiger partial charge in [-0.25, -0.2) is 0 Å². The minimum Gasteiger partial charge on any atom is -0.668 e. The van der Waals surface area contributed by atoms with Crippen LogP contribution in [-0.2, 0) is 32.7 Å². The third kappa shape index (κ3) is 2.10. The van der Waals surface area contributed by atoms with Gasteiger partial charge in [-0.05, 0) is 6.92 Å². The molecule has 0 amide bonds. The molecule has 0 saturated heterocycles. The molecule has 41 valence electrons. The first-order valence-electron chi connectivity index (χ1n) is 2.35. The second-order valence-electron chi connectivity index (χ2n) is 1.79. The summed E-state index contributed by atoms with van der Waals surface area (Å²) in [5.74, 6) is 0. The Balaban J connectivity index is 0.000000490. The van der Waals surface area contributed by atoms with E-state index in [-0.39, 0.29) is 32.7 Å². The van der Waals surface area contributed by atoms with Crippen LogP contribution in [0.15, 0.2) is 12.3 Å². The van der Waals surface area contributed by atoms with E-state index in [2.05, 4.69) is 11.1 Å². The summed E-state index contributed by atoms with van der Waals surface area (Å²) >= 11 is 0. The predicted molar refractivity (Wildman–Crippen MR) is 29.2 cm³/mol. The van der Waals surface area contributed by atoms with Crippen LogP contribution in [-0.4, -0.2) is 0 Å². The van der Waals surface area contributed by atoms with Crippen LogP contribution in [0.1, 0.15) is 11.3 Å². The predicted octanol–water partition coefficient (Wildman–Crippen LogP) is 1.26. The molecule has 1 heterocycles. The Kier molecular flexibility index (Phi) is 3.58. The van der Waals surface area contributed by atoms with Crippen LogP contribution in [0.3, 0.4) is 0 Å². The zero-order valence-corrected chi connectivity index (χ0v) is 8.02. The summed E-state index contributed by atoms with van der Waals surface area (Å²) in [7, 11) is 0. The Labute approximate surface area is 74.8 Å². The standard InChI is InChI=1S/C6H8N.Y/c1-5-3-6(2)7-4-5;/h3-4H,1-2H3;/q-1;. The smallest absolute Gasteiger partial charge is 0 e. The average molecular weight is 183 g/mol. The Bertz CT molecular complexity index is 141. The topological polar surface area (TPSA) is 14.1 Å². The van der Waals surface area contributed by atoms with Gasteiger partial charge in [0.25, 0.3) is 0 Å². The van der Waals surface area contributed by atoms with E-state index in [0.29, 0.717) is 0 Å². The molecule has 1 aromatic heterocycles. The van der Waals surface area contributed by atoms with Gasteiger partial charge in [0, 0.05) is 32.7 Å². The number of hydrogen-bond acceptors (Lipinski definition) is 0. The largest absolute Gasteiger partial charge is 0.668 e. The number of rotatable bonds is 0. The monoisotopic (exact) mass is 183 g/mol. The van der Waals surface area contributed by atoms with Gasteiger partial charge in [0.05, 0.1) is 0 Å². The second-order valence-corrected chi connectivity index (χ2v) is 1.79. The van der Waals surface area contributed by atoms with Crippen LogP contribution >= 0.6 is 0 Å². The molecule has 1 radical (unpaired) electrons. The van der Waals surface area contributed by atoms with Crippen molar-refractivity contribution in [3.8, 4) is 0 Å². The minimum atomic E-state index is 0. The first-order chi connectivity index (χ1) is 3.29.